The second-order valence-corrected chi connectivity index (χ2v) is 3.82. The molecule has 1 fully saturated rings. The van der Waals surface area contributed by atoms with E-state index in [2.05, 4.69) is 15.7 Å². The fourth-order valence-electron chi connectivity index (χ4n) is 1.80. The van der Waals surface area contributed by atoms with E-state index in [-0.39, 0.29) is 31.3 Å². The van der Waals surface area contributed by atoms with E-state index in [0.29, 0.717) is 12.4 Å². The first-order chi connectivity index (χ1) is 7.70. The summed E-state index contributed by atoms with van der Waals surface area (Å²) in [7, 11) is 0. The number of amides is 1. The van der Waals surface area contributed by atoms with Crippen LogP contribution in [-0.2, 0) is 11.3 Å². The first kappa shape index (κ1) is 13.9. The molecule has 17 heavy (non-hydrogen) atoms. The van der Waals surface area contributed by atoms with Gasteiger partial charge in [-0.3, -0.25) is 4.79 Å². The van der Waals surface area contributed by atoms with Crippen molar-refractivity contribution in [2.75, 3.05) is 11.9 Å². The first-order valence-electron chi connectivity index (χ1n) is 5.41. The molecule has 0 spiro atoms. The lowest BCUT2D eigenvalue weighted by molar-refractivity contribution is -0.117. The first-order valence-corrected chi connectivity index (χ1v) is 5.41. The van der Waals surface area contributed by atoms with Crippen molar-refractivity contribution in [3.63, 3.8) is 0 Å². The Morgan fingerprint density at radius 2 is 2.53 bits per heavy atom. The van der Waals surface area contributed by atoms with Gasteiger partial charge in [0.2, 0.25) is 5.91 Å². The van der Waals surface area contributed by atoms with Crippen molar-refractivity contribution < 1.29 is 9.18 Å². The van der Waals surface area contributed by atoms with Gasteiger partial charge in [-0.1, -0.05) is 0 Å². The third-order valence-corrected chi connectivity index (χ3v) is 2.66. The van der Waals surface area contributed by atoms with Crippen molar-refractivity contribution in [2.24, 2.45) is 0 Å². The van der Waals surface area contributed by atoms with Gasteiger partial charge in [-0.15, -0.1) is 12.4 Å². The van der Waals surface area contributed by atoms with E-state index < -0.39 is 12.2 Å². The Bertz CT molecular complexity index is 384. The summed E-state index contributed by atoms with van der Waals surface area (Å²) in [5, 5.41) is 9.61. The summed E-state index contributed by atoms with van der Waals surface area (Å²) < 4.78 is 14.6. The molecule has 1 aromatic rings. The van der Waals surface area contributed by atoms with E-state index >= 15 is 0 Å². The summed E-state index contributed by atoms with van der Waals surface area (Å²) in [4.78, 5) is 11.7. The van der Waals surface area contributed by atoms with Crippen LogP contribution in [0.5, 0.6) is 0 Å². The number of alkyl halides is 1. The normalized spacial score (nSPS) is 23.2. The largest absolute Gasteiger partial charge is 0.310 e. The van der Waals surface area contributed by atoms with Crippen molar-refractivity contribution in [1.82, 2.24) is 15.1 Å². The minimum atomic E-state index is -0.924. The van der Waals surface area contributed by atoms with E-state index in [1.807, 2.05) is 6.92 Å². The topological polar surface area (TPSA) is 59.0 Å². The van der Waals surface area contributed by atoms with Crippen LogP contribution in [0.15, 0.2) is 12.3 Å². The molecule has 2 N–H and O–H groups in total. The van der Waals surface area contributed by atoms with E-state index in [0.717, 1.165) is 0 Å². The van der Waals surface area contributed by atoms with Crippen molar-refractivity contribution in [3.05, 3.63) is 12.3 Å². The Balaban J connectivity index is 0.00000144. The molecule has 0 radical (unpaired) electrons. The van der Waals surface area contributed by atoms with Gasteiger partial charge in [0.1, 0.15) is 12.0 Å². The maximum Gasteiger partial charge on any atom is 0.242 e. The highest BCUT2D eigenvalue weighted by atomic mass is 35.5. The van der Waals surface area contributed by atoms with Crippen LogP contribution >= 0.6 is 12.4 Å². The number of rotatable bonds is 3. The summed E-state index contributed by atoms with van der Waals surface area (Å²) in [5.41, 5.74) is 0. The third kappa shape index (κ3) is 3.17. The standard InChI is InChI=1S/C10H15FN4O.ClH/c1-2-15-9(3-4-13-15)14-10(16)8-5-7(11)6-12-8;/h3-4,7-8,12H,2,5-6H2,1H3,(H,14,16);1H/t7-,8+;/m0./s1. The molecule has 5 nitrogen and oxygen atoms in total. The van der Waals surface area contributed by atoms with E-state index in [9.17, 15) is 9.18 Å². The zero-order chi connectivity index (χ0) is 11.5. The summed E-state index contributed by atoms with van der Waals surface area (Å²) in [5.74, 6) is 0.451. The molecule has 2 rings (SSSR count). The number of anilines is 1. The van der Waals surface area contributed by atoms with Crippen LogP contribution in [-0.4, -0.2) is 34.4 Å². The number of aryl methyl sites for hydroxylation is 1. The molecule has 1 aliphatic heterocycles. The fourth-order valence-corrected chi connectivity index (χ4v) is 1.80. The van der Waals surface area contributed by atoms with Gasteiger partial charge in [0.15, 0.2) is 0 Å². The number of nitrogens with zero attached hydrogens (tertiary/aromatic N) is 2. The molecule has 0 unspecified atom stereocenters. The fraction of sp³-hybridized carbons (Fsp3) is 0.600. The van der Waals surface area contributed by atoms with Crippen LogP contribution in [0, 0.1) is 0 Å². The van der Waals surface area contributed by atoms with Gasteiger partial charge in [-0.25, -0.2) is 9.07 Å². The zero-order valence-corrected chi connectivity index (χ0v) is 10.3. The number of hydrogen-bond acceptors (Lipinski definition) is 3. The van der Waals surface area contributed by atoms with E-state index in [1.165, 1.54) is 0 Å². The maximum absolute atomic E-state index is 12.9. The van der Waals surface area contributed by atoms with Crippen molar-refractivity contribution in [3.8, 4) is 0 Å². The second-order valence-electron chi connectivity index (χ2n) is 3.82. The van der Waals surface area contributed by atoms with Crippen LogP contribution in [0.1, 0.15) is 13.3 Å². The summed E-state index contributed by atoms with van der Waals surface area (Å²) in [6.07, 6.45) is 0.942. The second kappa shape index (κ2) is 5.97. The lowest BCUT2D eigenvalue weighted by atomic mass is 10.2. The number of halogens is 2. The summed E-state index contributed by atoms with van der Waals surface area (Å²) in [6, 6.07) is 1.29. The molecule has 0 saturated carbocycles. The van der Waals surface area contributed by atoms with Gasteiger partial charge in [0.05, 0.1) is 12.2 Å². The lowest BCUT2D eigenvalue weighted by Gasteiger charge is -2.11. The SMILES string of the molecule is CCn1nccc1NC(=O)[C@H]1C[C@H](F)CN1.Cl. The molecule has 1 amide bonds. The highest BCUT2D eigenvalue weighted by molar-refractivity contribution is 5.94. The quantitative estimate of drug-likeness (QED) is 0.853. The van der Waals surface area contributed by atoms with E-state index in [4.69, 9.17) is 0 Å². The van der Waals surface area contributed by atoms with Crippen molar-refractivity contribution in [1.29, 1.82) is 0 Å². The van der Waals surface area contributed by atoms with Crippen molar-refractivity contribution in [2.45, 2.75) is 32.1 Å². The highest BCUT2D eigenvalue weighted by Crippen LogP contribution is 2.13. The van der Waals surface area contributed by atoms with Gasteiger partial charge in [0.25, 0.3) is 0 Å². The van der Waals surface area contributed by atoms with Gasteiger partial charge in [-0.2, -0.15) is 5.10 Å². The van der Waals surface area contributed by atoms with Gasteiger partial charge >= 0.3 is 0 Å². The van der Waals surface area contributed by atoms with Crippen LogP contribution < -0.4 is 10.6 Å². The summed E-state index contributed by atoms with van der Waals surface area (Å²) >= 11 is 0. The predicted octanol–water partition coefficient (Wildman–Crippen LogP) is 0.963. The molecular formula is C10H16ClFN4O. The number of hydrogen-bond donors (Lipinski definition) is 2. The Morgan fingerprint density at radius 1 is 1.76 bits per heavy atom. The molecule has 7 heteroatoms. The molecule has 2 heterocycles. The van der Waals surface area contributed by atoms with Crippen molar-refractivity contribution >= 4 is 24.1 Å². The zero-order valence-electron chi connectivity index (χ0n) is 9.52. The molecule has 1 aromatic heterocycles. The third-order valence-electron chi connectivity index (χ3n) is 2.66. The molecule has 0 aliphatic carbocycles. The van der Waals surface area contributed by atoms with E-state index in [1.54, 1.807) is 16.9 Å². The average molecular weight is 263 g/mol. The molecular weight excluding hydrogens is 247 g/mol. The number of carbonyl (C=O) groups is 1. The average Bonchev–Trinajstić information content (AvgIpc) is 2.86. The minimum absolute atomic E-state index is 0. The predicted molar refractivity (Wildman–Crippen MR) is 65.1 cm³/mol. The molecule has 1 saturated heterocycles. The highest BCUT2D eigenvalue weighted by Gasteiger charge is 2.29. The minimum Gasteiger partial charge on any atom is -0.310 e. The molecule has 2 atom stereocenters. The van der Waals surface area contributed by atoms with Crippen LogP contribution in [0.25, 0.3) is 0 Å². The molecule has 0 aromatic carbocycles. The number of nitrogens with one attached hydrogen (secondary N) is 2. The van der Waals surface area contributed by atoms with Gasteiger partial charge in [-0.05, 0) is 6.92 Å². The van der Waals surface area contributed by atoms with Crippen LogP contribution in [0.3, 0.4) is 0 Å². The Labute approximate surface area is 105 Å². The van der Waals surface area contributed by atoms with Crippen LogP contribution in [0.2, 0.25) is 0 Å². The van der Waals surface area contributed by atoms with Crippen LogP contribution in [0.4, 0.5) is 10.2 Å². The Morgan fingerprint density at radius 3 is 3.12 bits per heavy atom. The van der Waals surface area contributed by atoms with Gasteiger partial charge < -0.3 is 10.6 Å². The molecule has 1 aliphatic rings. The lowest BCUT2D eigenvalue weighted by Crippen LogP contribution is -2.36. The number of aromatic nitrogens is 2. The number of carbonyl (C=O) groups excluding carboxylic acids is 1. The maximum atomic E-state index is 12.9. The Hall–Kier alpha value is -1.14. The molecule has 0 bridgehead atoms. The smallest absolute Gasteiger partial charge is 0.242 e. The Kier molecular flexibility index (Phi) is 4.89. The van der Waals surface area contributed by atoms with Gasteiger partial charge in [0, 0.05) is 25.6 Å². The summed E-state index contributed by atoms with van der Waals surface area (Å²) in [6.45, 7) is 2.88. The molecule has 96 valence electrons. The monoisotopic (exact) mass is 262 g/mol.